The first kappa shape index (κ1) is 13.1. The molecular weight excluding hydrogens is 294 g/mol. The number of hydrogen-bond donors (Lipinski definition) is 0. The molecule has 0 saturated heterocycles. The van der Waals surface area contributed by atoms with E-state index in [1.54, 1.807) is 12.1 Å². The monoisotopic (exact) mass is 306 g/mol. The van der Waals surface area contributed by atoms with Crippen LogP contribution in [0.4, 0.5) is 5.69 Å². The number of nitro groups is 1. The van der Waals surface area contributed by atoms with Crippen molar-refractivity contribution >= 4 is 11.3 Å². The molecule has 0 amide bonds. The summed E-state index contributed by atoms with van der Waals surface area (Å²) >= 11 is 4.09. The quantitative estimate of drug-likeness (QED) is 0.480. The van der Waals surface area contributed by atoms with Gasteiger partial charge in [0.2, 0.25) is 0 Å². The third kappa shape index (κ3) is 2.28. The molecule has 1 aromatic rings. The predicted molar refractivity (Wildman–Crippen MR) is 74.6 cm³/mol. The summed E-state index contributed by atoms with van der Waals surface area (Å²) < 4.78 is 1.14. The van der Waals surface area contributed by atoms with Gasteiger partial charge in [0.15, 0.2) is 0 Å². The first-order valence-corrected chi connectivity index (χ1v) is 6.91. The van der Waals surface area contributed by atoms with Gasteiger partial charge in [-0.2, -0.15) is 0 Å². The molecule has 0 saturated carbocycles. The van der Waals surface area contributed by atoms with Crippen molar-refractivity contribution in [2.45, 2.75) is 12.8 Å². The van der Waals surface area contributed by atoms with Gasteiger partial charge in [0.05, 0.1) is 0 Å². The first-order chi connectivity index (χ1) is 9.66. The van der Waals surface area contributed by atoms with Crippen molar-refractivity contribution in [3.05, 3.63) is 79.9 Å². The summed E-state index contributed by atoms with van der Waals surface area (Å²) in [5, 5.41) is 10.7. The van der Waals surface area contributed by atoms with Crippen LogP contribution in [0.15, 0.2) is 64.2 Å². The van der Waals surface area contributed by atoms with Crippen molar-refractivity contribution in [2.24, 2.45) is 0 Å². The molecule has 3 rings (SSSR count). The standard InChI is InChI=1S/C16H12NO2.Fe/c18-17(19)14-10-8-13(9-11-14)16-7-3-6-15(16)12-4-1-2-5-12;/h1,3-4,7-11H,2,6H2;. The van der Waals surface area contributed by atoms with Crippen LogP contribution in [0.25, 0.3) is 5.57 Å². The average Bonchev–Trinajstić information content (AvgIpc) is 3.07. The molecule has 0 aliphatic heterocycles. The van der Waals surface area contributed by atoms with Crippen LogP contribution >= 0.6 is 0 Å². The van der Waals surface area contributed by atoms with E-state index in [-0.39, 0.29) is 10.6 Å². The van der Waals surface area contributed by atoms with Crippen LogP contribution in [0.2, 0.25) is 0 Å². The van der Waals surface area contributed by atoms with Crippen molar-refractivity contribution < 1.29 is 20.9 Å². The molecule has 0 atom stereocenters. The molecule has 0 radical (unpaired) electrons. The molecule has 0 spiro atoms. The van der Waals surface area contributed by atoms with Crippen LogP contribution in [0.5, 0.6) is 0 Å². The van der Waals surface area contributed by atoms with Gasteiger partial charge in [-0.25, -0.2) is 0 Å². The number of benzene rings is 1. The zero-order valence-corrected chi connectivity index (χ0v) is 11.8. The van der Waals surface area contributed by atoms with E-state index >= 15 is 0 Å². The maximum atomic E-state index is 10.7. The van der Waals surface area contributed by atoms with Crippen molar-refractivity contribution in [1.29, 1.82) is 0 Å². The van der Waals surface area contributed by atoms with Gasteiger partial charge >= 0.3 is 125 Å². The molecule has 2 aliphatic rings. The van der Waals surface area contributed by atoms with Gasteiger partial charge in [0.1, 0.15) is 0 Å². The fourth-order valence-corrected chi connectivity index (χ4v) is 2.92. The van der Waals surface area contributed by atoms with E-state index in [9.17, 15) is 10.1 Å². The van der Waals surface area contributed by atoms with E-state index in [1.807, 2.05) is 12.1 Å². The molecule has 2 aliphatic carbocycles. The fraction of sp³-hybridized carbons (Fsp3) is 0.125. The second-order valence-electron chi connectivity index (χ2n) is 4.71. The molecule has 3 nitrogen and oxygen atoms in total. The number of nitrogens with zero attached hydrogens (tertiary/aromatic N) is 1. The molecule has 0 fully saturated rings. The van der Waals surface area contributed by atoms with E-state index in [2.05, 4.69) is 40.3 Å². The average molecular weight is 306 g/mol. The number of nitro benzene ring substituents is 1. The molecule has 101 valence electrons. The van der Waals surface area contributed by atoms with Crippen molar-refractivity contribution in [1.82, 2.24) is 0 Å². The topological polar surface area (TPSA) is 43.1 Å². The molecule has 0 heterocycles. The third-order valence-corrected chi connectivity index (χ3v) is 4.03. The van der Waals surface area contributed by atoms with Crippen molar-refractivity contribution in [2.75, 3.05) is 0 Å². The fourth-order valence-electron chi connectivity index (χ4n) is 2.53. The Hall–Kier alpha value is -1.90. The number of non-ortho nitro benzene ring substituents is 1. The van der Waals surface area contributed by atoms with Gasteiger partial charge in [0.25, 0.3) is 0 Å². The number of rotatable bonds is 3. The van der Waals surface area contributed by atoms with Crippen LogP contribution in [0.1, 0.15) is 18.4 Å². The Morgan fingerprint density at radius 3 is 2.25 bits per heavy atom. The zero-order valence-electron chi connectivity index (χ0n) is 10.7. The van der Waals surface area contributed by atoms with Crippen LogP contribution in [0.3, 0.4) is 0 Å². The number of hydrogen-bond acceptors (Lipinski definition) is 2. The second-order valence-corrected chi connectivity index (χ2v) is 5.38. The van der Waals surface area contributed by atoms with Gasteiger partial charge < -0.3 is 0 Å². The second kappa shape index (κ2) is 5.23. The van der Waals surface area contributed by atoms with Crippen molar-refractivity contribution in [3.8, 4) is 0 Å². The van der Waals surface area contributed by atoms with Crippen LogP contribution < -0.4 is 0 Å². The van der Waals surface area contributed by atoms with Crippen LogP contribution in [-0.4, -0.2) is 4.92 Å². The molecule has 0 N–H and O–H groups in total. The molecule has 0 bridgehead atoms. The molecule has 1 aromatic carbocycles. The van der Waals surface area contributed by atoms with Gasteiger partial charge in [-0.3, -0.25) is 0 Å². The SMILES string of the molecule is O=[N+]([O-])c1ccc(C2=C(C3=[C]([Fe])CC=C3)CC=C2)cc1. The zero-order chi connectivity index (χ0) is 14.1. The Morgan fingerprint density at radius 1 is 1.00 bits per heavy atom. The molecule has 20 heavy (non-hydrogen) atoms. The number of allylic oxidation sites excluding steroid dienone is 8. The Bertz CT molecular complexity index is 694. The molecular formula is C16H12FeNO2. The van der Waals surface area contributed by atoms with E-state index in [0.717, 1.165) is 28.4 Å². The van der Waals surface area contributed by atoms with E-state index in [0.29, 0.717) is 0 Å². The summed E-state index contributed by atoms with van der Waals surface area (Å²) in [6.07, 6.45) is 10.3. The Kier molecular flexibility index (Phi) is 3.43. The van der Waals surface area contributed by atoms with E-state index in [1.165, 1.54) is 11.1 Å². The molecule has 0 aromatic heterocycles. The predicted octanol–water partition coefficient (Wildman–Crippen LogP) is 4.07. The maximum absolute atomic E-state index is 10.7. The summed E-state index contributed by atoms with van der Waals surface area (Å²) in [6, 6.07) is 6.72. The van der Waals surface area contributed by atoms with Gasteiger partial charge in [-0.15, -0.1) is 0 Å². The Labute approximate surface area is 125 Å². The van der Waals surface area contributed by atoms with E-state index < -0.39 is 0 Å². The summed E-state index contributed by atoms with van der Waals surface area (Å²) in [6.45, 7) is 0. The van der Waals surface area contributed by atoms with Gasteiger partial charge in [-0.05, 0) is 0 Å². The summed E-state index contributed by atoms with van der Waals surface area (Å²) in [7, 11) is 0. The molecule has 0 unspecified atom stereocenters. The summed E-state index contributed by atoms with van der Waals surface area (Å²) in [5.74, 6) is 0. The van der Waals surface area contributed by atoms with Crippen molar-refractivity contribution in [3.63, 3.8) is 0 Å². The summed E-state index contributed by atoms with van der Waals surface area (Å²) in [5.41, 5.74) is 4.75. The first-order valence-electron chi connectivity index (χ1n) is 6.35. The normalized spacial score (nSPS) is 17.4. The Morgan fingerprint density at radius 2 is 1.65 bits per heavy atom. The Balaban J connectivity index is 2.03. The van der Waals surface area contributed by atoms with Crippen LogP contribution in [-0.2, 0) is 16.0 Å². The van der Waals surface area contributed by atoms with Gasteiger partial charge in [-0.1, -0.05) is 0 Å². The van der Waals surface area contributed by atoms with E-state index in [4.69, 9.17) is 0 Å². The minimum atomic E-state index is -0.375. The minimum absolute atomic E-state index is 0.121. The third-order valence-electron chi connectivity index (χ3n) is 3.51. The summed E-state index contributed by atoms with van der Waals surface area (Å²) in [4.78, 5) is 10.3. The van der Waals surface area contributed by atoms with Crippen LogP contribution in [0, 0.1) is 10.1 Å². The van der Waals surface area contributed by atoms with Gasteiger partial charge in [0, 0.05) is 0 Å². The molecule has 4 heteroatoms.